The highest BCUT2D eigenvalue weighted by atomic mass is 16.8. The Labute approximate surface area is 413 Å². The van der Waals surface area contributed by atoms with Crippen LogP contribution in [-0.2, 0) is 52.1 Å². The molecule has 420 valence electrons. The summed E-state index contributed by atoms with van der Waals surface area (Å²) in [4.78, 5) is 4.07. The predicted molar refractivity (Wildman–Crippen MR) is 225 cm³/mol. The van der Waals surface area contributed by atoms with Crippen molar-refractivity contribution in [3.05, 3.63) is 24.4 Å². The van der Waals surface area contributed by atoms with Gasteiger partial charge >= 0.3 is 0 Å². The largest absolute Gasteiger partial charge is 0.394 e. The first kappa shape index (κ1) is 58.4. The van der Waals surface area contributed by atoms with Crippen LogP contribution in [0.4, 0.5) is 5.82 Å². The van der Waals surface area contributed by atoms with Gasteiger partial charge in [0.2, 0.25) is 0 Å². The quantitative estimate of drug-likeness (QED) is 0.0649. The zero-order chi connectivity index (χ0) is 53.2. The maximum Gasteiger partial charge on any atom is 0.187 e. The number of rotatable bonds is 18. The van der Waals surface area contributed by atoms with E-state index in [9.17, 15) is 97.0 Å². The second-order valence-electron chi connectivity index (χ2n) is 18.2. The molecule has 0 aliphatic carbocycles. The van der Waals surface area contributed by atoms with Crippen LogP contribution in [0.15, 0.2) is 24.4 Å². The summed E-state index contributed by atoms with van der Waals surface area (Å²) in [7, 11) is 0. The summed E-state index contributed by atoms with van der Waals surface area (Å²) in [5.74, 6) is 0.215. The SMILES string of the molecule is OC[C@H]1O[C@H](O[C@H]2[C@H](O)[C@@H](O)[C@@H](O[C@H]3[C@H](O)[C@@H](O)[C@@H](O[C@H]4[C@H](O)[C@@H](O)[C@@H](O[C@H]5[C@H](O)[C@@H](O)[C@@H](O[C@H]6[C@H](O)[C@@H](Nc7ccccn7)C(O)O[C@@H]6CO)O[C@@H]5CO)O[C@@H]4CO)O[C@@H]3CO)O[C@@H]2CO)[C@H](O)[C@@H](O)[C@@H]1O. The number of anilines is 1. The van der Waals surface area contributed by atoms with E-state index in [1.165, 1.54) is 12.3 Å². The number of aliphatic hydroxyl groups is 19. The molecule has 0 spiro atoms. The maximum absolute atomic E-state index is 11.3. The Balaban J connectivity index is 0.959. The van der Waals surface area contributed by atoms with Gasteiger partial charge in [0.05, 0.1) is 39.6 Å². The molecule has 7 heterocycles. The first-order valence-electron chi connectivity index (χ1n) is 23.2. The zero-order valence-electron chi connectivity index (χ0n) is 38.3. The van der Waals surface area contributed by atoms with E-state index in [0.717, 1.165) is 0 Å². The number of aliphatic hydroxyl groups excluding tert-OH is 19. The molecule has 7 rings (SSSR count). The van der Waals surface area contributed by atoms with Crippen LogP contribution < -0.4 is 5.32 Å². The summed E-state index contributed by atoms with van der Waals surface area (Å²) in [6, 6.07) is 3.44. The smallest absolute Gasteiger partial charge is 0.187 e. The topological polar surface area (TPSA) is 511 Å². The van der Waals surface area contributed by atoms with Crippen LogP contribution in [0.3, 0.4) is 0 Å². The third kappa shape index (κ3) is 12.2. The number of pyridine rings is 1. The van der Waals surface area contributed by atoms with Crippen LogP contribution in [0.1, 0.15) is 0 Å². The van der Waals surface area contributed by atoms with Crippen molar-refractivity contribution < 1.29 is 149 Å². The molecule has 1 aromatic rings. The molecule has 0 amide bonds. The third-order valence-electron chi connectivity index (χ3n) is 13.4. The summed E-state index contributed by atoms with van der Waals surface area (Å²) in [5.41, 5.74) is 0. The van der Waals surface area contributed by atoms with Gasteiger partial charge in [-0.15, -0.1) is 0 Å². The lowest BCUT2D eigenvalue weighted by Crippen LogP contribution is -2.68. The number of nitrogens with one attached hydrogen (secondary N) is 1. The Bertz CT molecular complexity index is 1820. The Hall–Kier alpha value is -2.25. The van der Waals surface area contributed by atoms with Gasteiger partial charge in [0.1, 0.15) is 152 Å². The molecule has 20 N–H and O–H groups in total. The Morgan fingerprint density at radius 2 is 0.658 bits per heavy atom. The second kappa shape index (κ2) is 25.5. The molecule has 32 heteroatoms. The highest BCUT2D eigenvalue weighted by Gasteiger charge is 2.57. The molecule has 0 radical (unpaired) electrons. The minimum atomic E-state index is -2.18. The fourth-order valence-corrected chi connectivity index (χ4v) is 9.31. The normalized spacial score (nSPS) is 49.8. The average molecular weight is 1070 g/mol. The molecule has 30 atom stereocenters. The number of nitrogens with zero attached hydrogens (tertiary/aromatic N) is 1. The van der Waals surface area contributed by atoms with Crippen LogP contribution in [0, 0.1) is 0 Å². The summed E-state index contributed by atoms with van der Waals surface area (Å²) in [6.07, 6.45) is -52.4. The lowest BCUT2D eigenvalue weighted by Gasteiger charge is -2.50. The molecule has 0 saturated carbocycles. The van der Waals surface area contributed by atoms with Crippen LogP contribution in [-0.4, -0.2) is 326 Å². The molecule has 1 aromatic heterocycles. The van der Waals surface area contributed by atoms with E-state index >= 15 is 0 Å². The van der Waals surface area contributed by atoms with Gasteiger partial charge in [-0.3, -0.25) is 0 Å². The van der Waals surface area contributed by atoms with E-state index in [1.54, 1.807) is 12.1 Å². The second-order valence-corrected chi connectivity index (χ2v) is 18.2. The van der Waals surface area contributed by atoms with Crippen LogP contribution in [0.2, 0.25) is 0 Å². The molecule has 6 saturated heterocycles. The Morgan fingerprint density at radius 1 is 0.356 bits per heavy atom. The molecule has 0 bridgehead atoms. The van der Waals surface area contributed by atoms with Gasteiger partial charge < -0.3 is 154 Å². The summed E-state index contributed by atoms with van der Waals surface area (Å²) >= 11 is 0. The number of aromatic nitrogens is 1. The van der Waals surface area contributed by atoms with E-state index in [2.05, 4.69) is 10.3 Å². The van der Waals surface area contributed by atoms with E-state index in [-0.39, 0.29) is 5.82 Å². The Morgan fingerprint density at radius 3 is 0.973 bits per heavy atom. The van der Waals surface area contributed by atoms with Gasteiger partial charge in [0.15, 0.2) is 37.7 Å². The van der Waals surface area contributed by atoms with Crippen molar-refractivity contribution in [3.63, 3.8) is 0 Å². The molecule has 6 aliphatic rings. The van der Waals surface area contributed by atoms with Crippen molar-refractivity contribution in [2.45, 2.75) is 184 Å². The summed E-state index contributed by atoms with van der Waals surface area (Å²) < 4.78 is 61.7. The summed E-state index contributed by atoms with van der Waals surface area (Å²) in [6.45, 7) is -5.60. The van der Waals surface area contributed by atoms with E-state index < -0.39 is 224 Å². The van der Waals surface area contributed by atoms with Crippen LogP contribution in [0.5, 0.6) is 0 Å². The van der Waals surface area contributed by atoms with Gasteiger partial charge in [-0.1, -0.05) is 6.07 Å². The highest BCUT2D eigenvalue weighted by Crippen LogP contribution is 2.37. The number of hydrogen-bond donors (Lipinski definition) is 20. The molecule has 1 unspecified atom stereocenters. The van der Waals surface area contributed by atoms with Crippen LogP contribution >= 0.6 is 0 Å². The predicted octanol–water partition coefficient (Wildman–Crippen LogP) is -12.6. The highest BCUT2D eigenvalue weighted by molar-refractivity contribution is 5.35. The molecule has 0 aromatic carbocycles. The van der Waals surface area contributed by atoms with Gasteiger partial charge in [0.25, 0.3) is 0 Å². The first-order valence-corrected chi connectivity index (χ1v) is 23.2. The summed E-state index contributed by atoms with van der Waals surface area (Å²) in [5, 5.41) is 205. The molecular weight excluding hydrogens is 1000 g/mol. The lowest BCUT2D eigenvalue weighted by atomic mass is 9.95. The number of hydrogen-bond acceptors (Lipinski definition) is 32. The van der Waals surface area contributed by atoms with Gasteiger partial charge in [0, 0.05) is 6.20 Å². The van der Waals surface area contributed by atoms with E-state index in [0.29, 0.717) is 0 Å². The minimum absolute atomic E-state index is 0.215. The molecule has 6 aliphatic heterocycles. The average Bonchev–Trinajstić information content (AvgIpc) is 3.39. The van der Waals surface area contributed by atoms with Gasteiger partial charge in [-0.05, 0) is 12.1 Å². The van der Waals surface area contributed by atoms with Gasteiger partial charge in [-0.25, -0.2) is 4.98 Å². The fourth-order valence-electron chi connectivity index (χ4n) is 9.31. The van der Waals surface area contributed by atoms with Crippen LogP contribution in [0.25, 0.3) is 0 Å². The van der Waals surface area contributed by atoms with Gasteiger partial charge in [-0.2, -0.15) is 0 Å². The molecular formula is C41H66N2O30. The minimum Gasteiger partial charge on any atom is -0.394 e. The fraction of sp³-hybridized carbons (Fsp3) is 0.878. The molecule has 32 nitrogen and oxygen atoms in total. The zero-order valence-corrected chi connectivity index (χ0v) is 38.3. The van der Waals surface area contributed by atoms with Crippen molar-refractivity contribution in [2.75, 3.05) is 45.0 Å². The third-order valence-corrected chi connectivity index (χ3v) is 13.4. The standard InChI is InChI=1S/C41H66N2O30/c44-5-11-19(50)21(52)26(57)37(64-11)70-32-13(7-46)66-39(28(59)23(32)54)72-34-15(9-48)68-41(30(61)25(34)56)73-35-16(10-49)67-40(29(60)24(35)55)71-33-14(8-47)65-38(27(58)22(33)53)69-31-12(6-45)63-36(62)18(20(31)51)43-17-3-1-2-4-42-17/h1-4,11-16,18-41,44-62H,5-10H2,(H,42,43)/t11-,12-,13-,14-,15-,16-,18-,19-,20-,21+,22-,23-,24-,25-,26-,27-,28-,29-,30-,31-,32-,33-,34-,35-,36?,37-,38-,39-,40-,41-/m1/s1. The van der Waals surface area contributed by atoms with E-state index in [1.807, 2.05) is 0 Å². The molecule has 73 heavy (non-hydrogen) atoms. The van der Waals surface area contributed by atoms with Crippen molar-refractivity contribution in [3.8, 4) is 0 Å². The lowest BCUT2D eigenvalue weighted by molar-refractivity contribution is -0.395. The maximum atomic E-state index is 11.3. The number of ether oxygens (including phenoxy) is 11. The van der Waals surface area contributed by atoms with Crippen molar-refractivity contribution in [1.29, 1.82) is 0 Å². The van der Waals surface area contributed by atoms with Crippen molar-refractivity contribution >= 4 is 5.82 Å². The van der Waals surface area contributed by atoms with Crippen molar-refractivity contribution in [2.24, 2.45) is 0 Å². The Kier molecular flexibility index (Phi) is 20.4. The van der Waals surface area contributed by atoms with E-state index in [4.69, 9.17) is 52.1 Å². The van der Waals surface area contributed by atoms with Crippen molar-refractivity contribution in [1.82, 2.24) is 4.98 Å². The first-order chi connectivity index (χ1) is 34.8. The monoisotopic (exact) mass is 1070 g/mol. The molecule has 6 fully saturated rings.